The quantitative estimate of drug-likeness (QED) is 0.817. The smallest absolute Gasteiger partial charge is 0.337 e. The number of carbonyl (C=O) groups is 2. The zero-order valence-electron chi connectivity index (χ0n) is 14.0. The molecular formula is C19H18N2O4. The van der Waals surface area contributed by atoms with Gasteiger partial charge in [0.1, 0.15) is 5.75 Å². The number of nitriles is 1. The largest absolute Gasteiger partial charge is 0.481 e. The van der Waals surface area contributed by atoms with E-state index in [1.165, 1.54) is 7.11 Å². The molecule has 1 amide bonds. The Balaban J connectivity index is 1.86. The summed E-state index contributed by atoms with van der Waals surface area (Å²) in [4.78, 5) is 23.5. The summed E-state index contributed by atoms with van der Waals surface area (Å²) in [6.07, 6.45) is -0.678. The van der Waals surface area contributed by atoms with E-state index in [4.69, 9.17) is 10.00 Å². The first kappa shape index (κ1) is 18.0. The molecule has 0 saturated carbocycles. The Hall–Kier alpha value is -3.33. The van der Waals surface area contributed by atoms with E-state index in [0.717, 1.165) is 5.56 Å². The molecule has 0 radical (unpaired) electrons. The Morgan fingerprint density at radius 1 is 1.12 bits per heavy atom. The molecule has 6 nitrogen and oxygen atoms in total. The molecule has 0 fully saturated rings. The zero-order valence-corrected chi connectivity index (χ0v) is 14.0. The van der Waals surface area contributed by atoms with E-state index in [9.17, 15) is 9.59 Å². The van der Waals surface area contributed by atoms with Gasteiger partial charge in [-0.2, -0.15) is 5.26 Å². The lowest BCUT2D eigenvalue weighted by molar-refractivity contribution is -0.127. The highest BCUT2D eigenvalue weighted by atomic mass is 16.5. The molecule has 6 heteroatoms. The summed E-state index contributed by atoms with van der Waals surface area (Å²) in [6, 6.07) is 15.4. The second-order valence-electron chi connectivity index (χ2n) is 5.30. The Kier molecular flexibility index (Phi) is 6.13. The zero-order chi connectivity index (χ0) is 18.2. The predicted octanol–water partition coefficient (Wildman–Crippen LogP) is 2.43. The average Bonchev–Trinajstić information content (AvgIpc) is 2.66. The van der Waals surface area contributed by atoms with Gasteiger partial charge >= 0.3 is 5.97 Å². The van der Waals surface area contributed by atoms with Crippen molar-refractivity contribution in [2.75, 3.05) is 7.11 Å². The van der Waals surface area contributed by atoms with Crippen molar-refractivity contribution in [2.45, 2.75) is 19.6 Å². The van der Waals surface area contributed by atoms with Crippen LogP contribution in [0.2, 0.25) is 0 Å². The molecule has 0 aliphatic rings. The highest BCUT2D eigenvalue weighted by Gasteiger charge is 2.14. The van der Waals surface area contributed by atoms with E-state index < -0.39 is 12.1 Å². The Labute approximate surface area is 146 Å². The molecule has 1 N–H and O–H groups in total. The Morgan fingerprint density at radius 3 is 2.32 bits per heavy atom. The van der Waals surface area contributed by atoms with Crippen LogP contribution in [-0.4, -0.2) is 25.1 Å². The standard InChI is InChI=1S/C19H18N2O4/c1-13(25-17-9-5-14(11-20)6-10-17)18(22)21-12-15-3-7-16(8-4-15)19(23)24-2/h3-10,13H,12H2,1-2H3,(H,21,22)/t13-/m0/s1. The number of hydrogen-bond acceptors (Lipinski definition) is 5. The second-order valence-corrected chi connectivity index (χ2v) is 5.30. The summed E-state index contributed by atoms with van der Waals surface area (Å²) in [5.41, 5.74) is 1.83. The van der Waals surface area contributed by atoms with Crippen LogP contribution in [0.1, 0.15) is 28.4 Å². The van der Waals surface area contributed by atoms with Crippen molar-refractivity contribution in [3.63, 3.8) is 0 Å². The fourth-order valence-corrected chi connectivity index (χ4v) is 2.08. The highest BCUT2D eigenvalue weighted by molar-refractivity contribution is 5.89. The molecule has 2 rings (SSSR count). The average molecular weight is 338 g/mol. The number of benzene rings is 2. The molecule has 0 aliphatic heterocycles. The van der Waals surface area contributed by atoms with Gasteiger partial charge in [-0.05, 0) is 48.9 Å². The van der Waals surface area contributed by atoms with Crippen LogP contribution in [0.15, 0.2) is 48.5 Å². The van der Waals surface area contributed by atoms with Gasteiger partial charge in [-0.15, -0.1) is 0 Å². The first-order valence-electron chi connectivity index (χ1n) is 7.65. The van der Waals surface area contributed by atoms with Crippen molar-refractivity contribution < 1.29 is 19.1 Å². The van der Waals surface area contributed by atoms with Gasteiger partial charge in [-0.25, -0.2) is 4.79 Å². The molecule has 0 saturated heterocycles. The minimum atomic E-state index is -0.678. The molecule has 0 spiro atoms. The first-order chi connectivity index (χ1) is 12.0. The lowest BCUT2D eigenvalue weighted by atomic mass is 10.1. The number of nitrogens with one attached hydrogen (secondary N) is 1. The number of hydrogen-bond donors (Lipinski definition) is 1. The van der Waals surface area contributed by atoms with Crippen molar-refractivity contribution in [3.8, 4) is 11.8 Å². The molecule has 2 aromatic carbocycles. The number of carbonyl (C=O) groups excluding carboxylic acids is 2. The molecule has 0 bridgehead atoms. The topological polar surface area (TPSA) is 88.4 Å². The van der Waals surface area contributed by atoms with E-state index in [0.29, 0.717) is 23.4 Å². The third-order valence-corrected chi connectivity index (χ3v) is 3.51. The SMILES string of the molecule is COC(=O)c1ccc(CNC(=O)[C@H](C)Oc2ccc(C#N)cc2)cc1. The van der Waals surface area contributed by atoms with Crippen LogP contribution in [0.5, 0.6) is 5.75 Å². The second kappa shape index (κ2) is 8.50. The molecule has 1 atom stereocenters. The lowest BCUT2D eigenvalue weighted by Gasteiger charge is -2.15. The van der Waals surface area contributed by atoms with E-state index >= 15 is 0 Å². The third kappa shape index (κ3) is 5.08. The van der Waals surface area contributed by atoms with Crippen LogP contribution in [0.3, 0.4) is 0 Å². The van der Waals surface area contributed by atoms with Gasteiger partial charge in [0, 0.05) is 6.54 Å². The van der Waals surface area contributed by atoms with Gasteiger partial charge in [0.25, 0.3) is 5.91 Å². The van der Waals surface area contributed by atoms with Gasteiger partial charge in [-0.3, -0.25) is 4.79 Å². The van der Waals surface area contributed by atoms with Gasteiger partial charge < -0.3 is 14.8 Å². The van der Waals surface area contributed by atoms with Crippen molar-refractivity contribution in [1.82, 2.24) is 5.32 Å². The van der Waals surface area contributed by atoms with Gasteiger partial charge in [-0.1, -0.05) is 12.1 Å². The predicted molar refractivity (Wildman–Crippen MR) is 90.9 cm³/mol. The van der Waals surface area contributed by atoms with E-state index in [1.807, 2.05) is 6.07 Å². The fourth-order valence-electron chi connectivity index (χ4n) is 2.08. The first-order valence-corrected chi connectivity index (χ1v) is 7.65. The third-order valence-electron chi connectivity index (χ3n) is 3.51. The van der Waals surface area contributed by atoms with Crippen LogP contribution < -0.4 is 10.1 Å². The summed E-state index contributed by atoms with van der Waals surface area (Å²) in [6.45, 7) is 1.97. The van der Waals surface area contributed by atoms with Gasteiger partial charge in [0.15, 0.2) is 6.10 Å². The summed E-state index contributed by atoms with van der Waals surface area (Å²) in [5.74, 6) is -0.148. The van der Waals surface area contributed by atoms with Crippen LogP contribution in [0.25, 0.3) is 0 Å². The number of ether oxygens (including phenoxy) is 2. The monoisotopic (exact) mass is 338 g/mol. The number of methoxy groups -OCH3 is 1. The van der Waals surface area contributed by atoms with Crippen molar-refractivity contribution in [1.29, 1.82) is 5.26 Å². The van der Waals surface area contributed by atoms with Crippen molar-refractivity contribution >= 4 is 11.9 Å². The minimum absolute atomic E-state index is 0.263. The fraction of sp³-hybridized carbons (Fsp3) is 0.211. The normalized spacial score (nSPS) is 11.1. The number of esters is 1. The van der Waals surface area contributed by atoms with Crippen LogP contribution >= 0.6 is 0 Å². The number of nitrogens with zero attached hydrogens (tertiary/aromatic N) is 1. The summed E-state index contributed by atoms with van der Waals surface area (Å²) in [5, 5.41) is 11.5. The molecular weight excluding hydrogens is 320 g/mol. The summed E-state index contributed by atoms with van der Waals surface area (Å²) < 4.78 is 10.2. The van der Waals surface area contributed by atoms with E-state index in [2.05, 4.69) is 10.1 Å². The van der Waals surface area contributed by atoms with Gasteiger partial charge in [0.05, 0.1) is 24.3 Å². The number of amides is 1. The van der Waals surface area contributed by atoms with Gasteiger partial charge in [0.2, 0.25) is 0 Å². The van der Waals surface area contributed by atoms with Crippen molar-refractivity contribution in [2.24, 2.45) is 0 Å². The number of rotatable bonds is 6. The highest BCUT2D eigenvalue weighted by Crippen LogP contribution is 2.13. The Bertz CT molecular complexity index is 777. The van der Waals surface area contributed by atoms with Crippen LogP contribution in [-0.2, 0) is 16.1 Å². The molecule has 0 unspecified atom stereocenters. The molecule has 25 heavy (non-hydrogen) atoms. The van der Waals surface area contributed by atoms with Crippen LogP contribution in [0.4, 0.5) is 0 Å². The Morgan fingerprint density at radius 2 is 1.76 bits per heavy atom. The van der Waals surface area contributed by atoms with Crippen LogP contribution in [0, 0.1) is 11.3 Å². The molecule has 0 aromatic heterocycles. The maximum Gasteiger partial charge on any atom is 0.337 e. The molecule has 0 aliphatic carbocycles. The van der Waals surface area contributed by atoms with E-state index in [-0.39, 0.29) is 5.91 Å². The lowest BCUT2D eigenvalue weighted by Crippen LogP contribution is -2.35. The minimum Gasteiger partial charge on any atom is -0.481 e. The molecule has 2 aromatic rings. The maximum atomic E-state index is 12.1. The maximum absolute atomic E-state index is 12.1. The molecule has 0 heterocycles. The van der Waals surface area contributed by atoms with Crippen molar-refractivity contribution in [3.05, 3.63) is 65.2 Å². The summed E-state index contributed by atoms with van der Waals surface area (Å²) >= 11 is 0. The summed E-state index contributed by atoms with van der Waals surface area (Å²) in [7, 11) is 1.33. The molecule has 128 valence electrons. The van der Waals surface area contributed by atoms with E-state index in [1.54, 1.807) is 55.5 Å².